The van der Waals surface area contributed by atoms with Crippen LogP contribution in [-0.4, -0.2) is 13.4 Å². The first-order valence-electron chi connectivity index (χ1n) is 5.29. The minimum Gasteiger partial charge on any atom is -0.279 e. The average molecular weight is 362 g/mol. The zero-order valence-corrected chi connectivity index (χ0v) is 13.1. The number of anilines is 1. The highest BCUT2D eigenvalue weighted by molar-refractivity contribution is 9.10. The minimum absolute atomic E-state index is 0.0482. The minimum atomic E-state index is -3.68. The fraction of sp³-hybridized carbons (Fsp3) is 0.0833. The van der Waals surface area contributed by atoms with Crippen molar-refractivity contribution in [2.24, 2.45) is 0 Å². The van der Waals surface area contributed by atoms with Crippen LogP contribution in [0, 0.1) is 6.92 Å². The molecule has 0 aliphatic heterocycles. The van der Waals surface area contributed by atoms with Gasteiger partial charge < -0.3 is 0 Å². The Morgan fingerprint density at radius 3 is 2.63 bits per heavy atom. The normalized spacial score (nSPS) is 11.3. The number of nitrogens with one attached hydrogen (secondary N) is 1. The van der Waals surface area contributed by atoms with Crippen molar-refractivity contribution in [1.29, 1.82) is 0 Å². The molecule has 4 nitrogen and oxygen atoms in total. The number of halogens is 2. The second-order valence-corrected chi connectivity index (χ2v) is 6.76. The van der Waals surface area contributed by atoms with Crippen molar-refractivity contribution in [1.82, 2.24) is 4.98 Å². The smallest absolute Gasteiger partial charge is 0.263 e. The van der Waals surface area contributed by atoms with Gasteiger partial charge in [0.15, 0.2) is 0 Å². The SMILES string of the molecule is Cc1ccccc1NS(=O)(=O)c1cnc(Cl)c(Br)c1. The van der Waals surface area contributed by atoms with Crippen molar-refractivity contribution in [2.45, 2.75) is 11.8 Å². The molecule has 1 N–H and O–H groups in total. The average Bonchev–Trinajstić information content (AvgIpc) is 2.35. The lowest BCUT2D eigenvalue weighted by Gasteiger charge is -2.10. The van der Waals surface area contributed by atoms with Crippen LogP contribution in [0.4, 0.5) is 5.69 Å². The van der Waals surface area contributed by atoms with Crippen molar-refractivity contribution in [3.05, 3.63) is 51.7 Å². The molecule has 2 aromatic rings. The number of sulfonamides is 1. The lowest BCUT2D eigenvalue weighted by molar-refractivity contribution is 0.600. The van der Waals surface area contributed by atoms with Gasteiger partial charge in [-0.05, 0) is 40.5 Å². The maximum absolute atomic E-state index is 12.2. The number of pyridine rings is 1. The molecule has 7 heteroatoms. The molecule has 0 saturated carbocycles. The highest BCUT2D eigenvalue weighted by atomic mass is 79.9. The Morgan fingerprint density at radius 1 is 1.32 bits per heavy atom. The number of para-hydroxylation sites is 1. The highest BCUT2D eigenvalue weighted by Crippen LogP contribution is 2.24. The molecule has 0 aliphatic carbocycles. The van der Waals surface area contributed by atoms with Crippen molar-refractivity contribution < 1.29 is 8.42 Å². The molecule has 0 aliphatic rings. The number of nitrogens with zero attached hydrogens (tertiary/aromatic N) is 1. The molecular weight excluding hydrogens is 352 g/mol. The molecule has 2 rings (SSSR count). The largest absolute Gasteiger partial charge is 0.279 e. The van der Waals surface area contributed by atoms with E-state index in [9.17, 15) is 8.42 Å². The lowest BCUT2D eigenvalue weighted by atomic mass is 10.2. The molecule has 0 radical (unpaired) electrons. The standard InChI is InChI=1S/C12H10BrClN2O2S/c1-8-4-2-3-5-11(8)16-19(17,18)9-6-10(13)12(14)15-7-9/h2-7,16H,1H3. The van der Waals surface area contributed by atoms with Crippen LogP contribution in [0.25, 0.3) is 0 Å². The topological polar surface area (TPSA) is 59.1 Å². The van der Waals surface area contributed by atoms with Crippen molar-refractivity contribution in [2.75, 3.05) is 4.72 Å². The fourth-order valence-corrected chi connectivity index (χ4v) is 3.15. The highest BCUT2D eigenvalue weighted by Gasteiger charge is 2.17. The molecule has 0 bridgehead atoms. The number of aryl methyl sites for hydroxylation is 1. The molecule has 0 atom stereocenters. The molecule has 1 aromatic carbocycles. The van der Waals surface area contributed by atoms with E-state index in [-0.39, 0.29) is 10.0 Å². The summed E-state index contributed by atoms with van der Waals surface area (Å²) in [7, 11) is -3.68. The van der Waals surface area contributed by atoms with E-state index >= 15 is 0 Å². The molecule has 0 saturated heterocycles. The van der Waals surface area contributed by atoms with Crippen molar-refractivity contribution in [3.8, 4) is 0 Å². The monoisotopic (exact) mass is 360 g/mol. The summed E-state index contributed by atoms with van der Waals surface area (Å²) in [6.45, 7) is 1.83. The summed E-state index contributed by atoms with van der Waals surface area (Å²) in [5.41, 5.74) is 1.38. The van der Waals surface area contributed by atoms with E-state index in [1.807, 2.05) is 19.1 Å². The van der Waals surface area contributed by atoms with E-state index in [1.54, 1.807) is 12.1 Å². The third kappa shape index (κ3) is 3.26. The second kappa shape index (κ2) is 5.48. The molecule has 1 heterocycles. The molecule has 0 spiro atoms. The van der Waals surface area contributed by atoms with Crippen LogP contribution in [0.5, 0.6) is 0 Å². The van der Waals surface area contributed by atoms with Crippen LogP contribution in [0.1, 0.15) is 5.56 Å². The van der Waals surface area contributed by atoms with Crippen molar-refractivity contribution in [3.63, 3.8) is 0 Å². The maximum Gasteiger partial charge on any atom is 0.263 e. The summed E-state index contributed by atoms with van der Waals surface area (Å²) in [6, 6.07) is 8.55. The van der Waals surface area contributed by atoms with Gasteiger partial charge in [-0.3, -0.25) is 4.72 Å². The van der Waals surface area contributed by atoms with Gasteiger partial charge in [-0.2, -0.15) is 0 Å². The van der Waals surface area contributed by atoms with Gasteiger partial charge in [0, 0.05) is 6.20 Å². The number of aromatic nitrogens is 1. The number of rotatable bonds is 3. The quantitative estimate of drug-likeness (QED) is 0.850. The Labute approximate surface area is 125 Å². The first kappa shape index (κ1) is 14.3. The van der Waals surface area contributed by atoms with Gasteiger partial charge in [0.1, 0.15) is 10.0 Å². The van der Waals surface area contributed by atoms with Crippen LogP contribution >= 0.6 is 27.5 Å². The van der Waals surface area contributed by atoms with Crippen molar-refractivity contribution >= 4 is 43.2 Å². The summed E-state index contributed by atoms with van der Waals surface area (Å²) >= 11 is 8.89. The van der Waals surface area contributed by atoms with E-state index in [2.05, 4.69) is 25.6 Å². The van der Waals surface area contributed by atoms with Crippen LogP contribution in [-0.2, 0) is 10.0 Å². The van der Waals surface area contributed by atoms with Crippen LogP contribution in [0.3, 0.4) is 0 Å². The third-order valence-electron chi connectivity index (χ3n) is 2.47. The predicted octanol–water partition coefficient (Wildman–Crippen LogP) is 3.61. The van der Waals surface area contributed by atoms with E-state index in [0.29, 0.717) is 10.2 Å². The molecule has 0 amide bonds. The molecule has 100 valence electrons. The van der Waals surface area contributed by atoms with Gasteiger partial charge in [-0.1, -0.05) is 29.8 Å². The Bertz CT molecular complexity index is 719. The summed E-state index contributed by atoms with van der Waals surface area (Å²) < 4.78 is 27.4. The Hall–Kier alpha value is -1.11. The summed E-state index contributed by atoms with van der Waals surface area (Å²) in [6.07, 6.45) is 1.22. The lowest BCUT2D eigenvalue weighted by Crippen LogP contribution is -2.14. The first-order chi connectivity index (χ1) is 8.90. The van der Waals surface area contributed by atoms with Crippen LogP contribution < -0.4 is 4.72 Å². The van der Waals surface area contributed by atoms with Gasteiger partial charge in [0.25, 0.3) is 10.0 Å². The molecule has 0 unspecified atom stereocenters. The van der Waals surface area contributed by atoms with Gasteiger partial charge in [0.2, 0.25) is 0 Å². The van der Waals surface area contributed by atoms with E-state index in [0.717, 1.165) is 5.56 Å². The Morgan fingerprint density at radius 2 is 2.00 bits per heavy atom. The van der Waals surface area contributed by atoms with Gasteiger partial charge in [-0.25, -0.2) is 13.4 Å². The fourth-order valence-electron chi connectivity index (χ4n) is 1.44. The molecule has 0 fully saturated rings. The van der Waals surface area contributed by atoms with E-state index in [4.69, 9.17) is 11.6 Å². The second-order valence-electron chi connectivity index (χ2n) is 3.86. The molecule has 1 aromatic heterocycles. The van der Waals surface area contributed by atoms with E-state index in [1.165, 1.54) is 12.3 Å². The Balaban J connectivity index is 2.38. The summed E-state index contributed by atoms with van der Waals surface area (Å²) in [5.74, 6) is 0. The maximum atomic E-state index is 12.2. The van der Waals surface area contributed by atoms with Crippen LogP contribution in [0.2, 0.25) is 5.15 Å². The number of hydrogen-bond acceptors (Lipinski definition) is 3. The zero-order chi connectivity index (χ0) is 14.0. The third-order valence-corrected chi connectivity index (χ3v) is 4.94. The van der Waals surface area contributed by atoms with Gasteiger partial charge in [0.05, 0.1) is 10.2 Å². The first-order valence-corrected chi connectivity index (χ1v) is 7.95. The Kier molecular flexibility index (Phi) is 4.13. The molecular formula is C12H10BrClN2O2S. The number of hydrogen-bond donors (Lipinski definition) is 1. The number of benzene rings is 1. The molecule has 19 heavy (non-hydrogen) atoms. The predicted molar refractivity (Wildman–Crippen MR) is 78.9 cm³/mol. The van der Waals surface area contributed by atoms with Gasteiger partial charge >= 0.3 is 0 Å². The van der Waals surface area contributed by atoms with Gasteiger partial charge in [-0.15, -0.1) is 0 Å². The summed E-state index contributed by atoms with van der Waals surface area (Å²) in [4.78, 5) is 3.86. The zero-order valence-electron chi connectivity index (χ0n) is 9.89. The van der Waals surface area contributed by atoms with Crippen LogP contribution in [0.15, 0.2) is 45.9 Å². The van der Waals surface area contributed by atoms with E-state index < -0.39 is 10.0 Å². The summed E-state index contributed by atoms with van der Waals surface area (Å²) in [5, 5.41) is 0.217.